The topological polar surface area (TPSA) is 54.0 Å². The number of pyridine rings is 1. The first-order valence-electron chi connectivity index (χ1n) is 5.39. The van der Waals surface area contributed by atoms with Gasteiger partial charge in [-0.05, 0) is 25.0 Å². The smallest absolute Gasteiger partial charge is 0.269 e. The molecule has 0 spiro atoms. The molecule has 1 aromatic heterocycles. The average Bonchev–Trinajstić information content (AvgIpc) is 2.81. The fourth-order valence-electron chi connectivity index (χ4n) is 1.74. The quantitative estimate of drug-likeness (QED) is 0.756. The van der Waals surface area contributed by atoms with Gasteiger partial charge < -0.3 is 10.6 Å². The highest BCUT2D eigenvalue weighted by Crippen LogP contribution is 2.16. The van der Waals surface area contributed by atoms with Crippen LogP contribution in [0.4, 0.5) is 5.69 Å². The van der Waals surface area contributed by atoms with Crippen molar-refractivity contribution < 1.29 is 4.79 Å². The van der Waals surface area contributed by atoms with E-state index in [1.807, 2.05) is 6.07 Å². The van der Waals surface area contributed by atoms with Crippen LogP contribution in [-0.2, 0) is 0 Å². The number of hydrogen-bond donors (Lipinski definition) is 2. The molecule has 16 heavy (non-hydrogen) atoms. The van der Waals surface area contributed by atoms with Gasteiger partial charge in [-0.2, -0.15) is 0 Å². The number of nitrogens with zero attached hydrogens (tertiary/aromatic N) is 1. The van der Waals surface area contributed by atoms with E-state index < -0.39 is 0 Å². The van der Waals surface area contributed by atoms with Crippen molar-refractivity contribution in [3.8, 4) is 0 Å². The molecule has 4 heteroatoms. The van der Waals surface area contributed by atoms with Gasteiger partial charge in [0.1, 0.15) is 5.69 Å². The van der Waals surface area contributed by atoms with Crippen LogP contribution in [-0.4, -0.2) is 24.0 Å². The number of anilines is 1. The summed E-state index contributed by atoms with van der Waals surface area (Å²) in [6.07, 6.45) is 8.06. The number of carbonyl (C=O) groups is 1. The Morgan fingerprint density at radius 1 is 1.44 bits per heavy atom. The molecular weight excluding hydrogens is 202 g/mol. The minimum atomic E-state index is -0.159. The third-order valence-corrected chi connectivity index (χ3v) is 2.60. The molecule has 0 aromatic carbocycles. The maximum atomic E-state index is 11.4. The van der Waals surface area contributed by atoms with E-state index in [9.17, 15) is 4.79 Å². The molecule has 0 atom stereocenters. The number of amides is 1. The van der Waals surface area contributed by atoms with Gasteiger partial charge in [0.05, 0.1) is 0 Å². The summed E-state index contributed by atoms with van der Waals surface area (Å²) in [5, 5.41) is 5.94. The fourth-order valence-corrected chi connectivity index (χ4v) is 1.74. The first kappa shape index (κ1) is 10.7. The molecule has 0 unspecified atom stereocenters. The van der Waals surface area contributed by atoms with Gasteiger partial charge in [0, 0.05) is 25.0 Å². The molecule has 2 N–H and O–H groups in total. The van der Waals surface area contributed by atoms with Gasteiger partial charge in [0.2, 0.25) is 0 Å². The van der Waals surface area contributed by atoms with Gasteiger partial charge in [-0.1, -0.05) is 12.2 Å². The molecule has 0 saturated heterocycles. The third-order valence-electron chi connectivity index (χ3n) is 2.60. The number of hydrogen-bond acceptors (Lipinski definition) is 3. The second kappa shape index (κ2) is 4.79. The van der Waals surface area contributed by atoms with Crippen LogP contribution >= 0.6 is 0 Å². The van der Waals surface area contributed by atoms with E-state index in [1.54, 1.807) is 19.3 Å². The summed E-state index contributed by atoms with van der Waals surface area (Å²) in [6, 6.07) is 4.10. The van der Waals surface area contributed by atoms with Crippen molar-refractivity contribution in [2.24, 2.45) is 0 Å². The molecule has 0 aliphatic heterocycles. The first-order chi connectivity index (χ1) is 7.79. The zero-order chi connectivity index (χ0) is 11.4. The van der Waals surface area contributed by atoms with Crippen molar-refractivity contribution in [1.29, 1.82) is 0 Å². The van der Waals surface area contributed by atoms with Crippen molar-refractivity contribution in [3.63, 3.8) is 0 Å². The summed E-state index contributed by atoms with van der Waals surface area (Å²) >= 11 is 0. The molecule has 0 saturated carbocycles. The van der Waals surface area contributed by atoms with E-state index >= 15 is 0 Å². The first-order valence-corrected chi connectivity index (χ1v) is 5.39. The average molecular weight is 217 g/mol. The van der Waals surface area contributed by atoms with Crippen LogP contribution in [0.1, 0.15) is 23.3 Å². The Balaban J connectivity index is 2.06. The van der Waals surface area contributed by atoms with Gasteiger partial charge in [-0.25, -0.2) is 0 Å². The van der Waals surface area contributed by atoms with Crippen LogP contribution in [0, 0.1) is 0 Å². The summed E-state index contributed by atoms with van der Waals surface area (Å²) in [6.45, 7) is 0. The molecule has 0 radical (unpaired) electrons. The number of aromatic nitrogens is 1. The Morgan fingerprint density at radius 3 is 2.88 bits per heavy atom. The highest BCUT2D eigenvalue weighted by Gasteiger charge is 2.11. The molecule has 1 aliphatic carbocycles. The van der Waals surface area contributed by atoms with E-state index in [1.165, 1.54) is 0 Å². The molecule has 0 fully saturated rings. The van der Waals surface area contributed by atoms with Crippen LogP contribution in [0.25, 0.3) is 0 Å². The summed E-state index contributed by atoms with van der Waals surface area (Å²) in [4.78, 5) is 15.4. The summed E-state index contributed by atoms with van der Waals surface area (Å²) < 4.78 is 0. The molecule has 1 aromatic rings. The lowest BCUT2D eigenvalue weighted by molar-refractivity contribution is 0.0958. The summed E-state index contributed by atoms with van der Waals surface area (Å²) in [7, 11) is 1.60. The van der Waals surface area contributed by atoms with Crippen molar-refractivity contribution in [2.45, 2.75) is 18.9 Å². The van der Waals surface area contributed by atoms with Crippen LogP contribution in [0.3, 0.4) is 0 Å². The molecule has 4 nitrogen and oxygen atoms in total. The zero-order valence-electron chi connectivity index (χ0n) is 9.23. The van der Waals surface area contributed by atoms with Crippen LogP contribution < -0.4 is 10.6 Å². The molecule has 1 aliphatic rings. The second-order valence-corrected chi connectivity index (χ2v) is 3.79. The molecule has 2 rings (SSSR count). The van der Waals surface area contributed by atoms with Crippen molar-refractivity contribution in [1.82, 2.24) is 10.3 Å². The Bertz CT molecular complexity index is 406. The Hall–Kier alpha value is -1.84. The van der Waals surface area contributed by atoms with Crippen LogP contribution in [0.2, 0.25) is 0 Å². The largest absolute Gasteiger partial charge is 0.382 e. The van der Waals surface area contributed by atoms with Crippen molar-refractivity contribution >= 4 is 11.6 Å². The van der Waals surface area contributed by atoms with Gasteiger partial charge >= 0.3 is 0 Å². The number of nitrogens with one attached hydrogen (secondary N) is 2. The van der Waals surface area contributed by atoms with Crippen LogP contribution in [0.15, 0.2) is 30.5 Å². The highest BCUT2D eigenvalue weighted by atomic mass is 16.1. The van der Waals surface area contributed by atoms with Gasteiger partial charge in [-0.3, -0.25) is 9.78 Å². The minimum Gasteiger partial charge on any atom is -0.382 e. The summed E-state index contributed by atoms with van der Waals surface area (Å²) in [5.74, 6) is -0.159. The van der Waals surface area contributed by atoms with E-state index in [4.69, 9.17) is 0 Å². The second-order valence-electron chi connectivity index (χ2n) is 3.79. The lowest BCUT2D eigenvalue weighted by Gasteiger charge is -2.13. The zero-order valence-corrected chi connectivity index (χ0v) is 9.23. The molecule has 84 valence electrons. The Morgan fingerprint density at radius 2 is 2.19 bits per heavy atom. The van der Waals surface area contributed by atoms with Crippen molar-refractivity contribution in [2.75, 3.05) is 12.4 Å². The third kappa shape index (κ3) is 2.39. The minimum absolute atomic E-state index is 0.159. The Labute approximate surface area is 94.8 Å². The Kier molecular flexibility index (Phi) is 3.19. The van der Waals surface area contributed by atoms with Crippen molar-refractivity contribution in [3.05, 3.63) is 36.2 Å². The van der Waals surface area contributed by atoms with Gasteiger partial charge in [-0.15, -0.1) is 0 Å². The predicted octanol–water partition coefficient (Wildman–Crippen LogP) is 1.57. The SMILES string of the molecule is CNC(=O)c1cc(NC2CC=CC2)ccn1. The standard InChI is InChI=1S/C12H15N3O/c1-13-12(16)11-8-10(6-7-14-11)15-9-4-2-3-5-9/h2-3,6-9H,4-5H2,1H3,(H,13,16)(H,14,15). The summed E-state index contributed by atoms with van der Waals surface area (Å²) in [5.41, 5.74) is 1.39. The maximum absolute atomic E-state index is 11.4. The lowest BCUT2D eigenvalue weighted by atomic mass is 10.2. The van der Waals surface area contributed by atoms with E-state index in [2.05, 4.69) is 27.8 Å². The molecule has 1 amide bonds. The maximum Gasteiger partial charge on any atom is 0.269 e. The normalized spacial score (nSPS) is 15.1. The van der Waals surface area contributed by atoms with Gasteiger partial charge in [0.15, 0.2) is 0 Å². The van der Waals surface area contributed by atoms with E-state index in [0.29, 0.717) is 11.7 Å². The number of carbonyl (C=O) groups excluding carboxylic acids is 1. The van der Waals surface area contributed by atoms with Gasteiger partial charge in [0.25, 0.3) is 5.91 Å². The molecule has 1 heterocycles. The lowest BCUT2D eigenvalue weighted by Crippen LogP contribution is -2.20. The monoisotopic (exact) mass is 217 g/mol. The fraction of sp³-hybridized carbons (Fsp3) is 0.333. The molecular formula is C12H15N3O. The van der Waals surface area contributed by atoms with E-state index in [-0.39, 0.29) is 5.91 Å². The molecule has 0 bridgehead atoms. The predicted molar refractivity (Wildman–Crippen MR) is 63.4 cm³/mol. The highest BCUT2D eigenvalue weighted by molar-refractivity contribution is 5.92. The van der Waals surface area contributed by atoms with Crippen LogP contribution in [0.5, 0.6) is 0 Å². The van der Waals surface area contributed by atoms with E-state index in [0.717, 1.165) is 18.5 Å². The number of rotatable bonds is 3.